The summed E-state index contributed by atoms with van der Waals surface area (Å²) in [7, 11) is 0. The molecule has 0 aliphatic rings. The van der Waals surface area contributed by atoms with Gasteiger partial charge in [0.1, 0.15) is 22.3 Å². The molecule has 0 N–H and O–H groups in total. The maximum atomic E-state index is 6.83. The second-order valence-electron chi connectivity index (χ2n) is 14.8. The van der Waals surface area contributed by atoms with E-state index in [0.717, 1.165) is 93.2 Å². The van der Waals surface area contributed by atoms with E-state index < -0.39 is 0 Å². The van der Waals surface area contributed by atoms with Crippen molar-refractivity contribution >= 4 is 65.4 Å². The standard InChI is InChI=1S/C53H31N3O2/c1-3-12-32(13-4-1)36-22-23-38-29-39(25-24-37(38)28-36)51-54-52(56-53(55-51)44-20-11-19-42-41-18-9-10-21-46(41)57-49(42)44)43-27-26-40(33-14-5-2-6-15-33)50-48(43)45-30-34-16-7-8-17-35(34)31-47(45)58-50/h1-31H. The molecule has 0 saturated heterocycles. The number of nitrogens with zero attached hydrogens (tertiary/aromatic N) is 3. The molecule has 3 aromatic heterocycles. The summed E-state index contributed by atoms with van der Waals surface area (Å²) in [5.41, 5.74) is 10.1. The summed E-state index contributed by atoms with van der Waals surface area (Å²) in [4.78, 5) is 15.8. The van der Waals surface area contributed by atoms with E-state index >= 15 is 0 Å². The third-order valence-corrected chi connectivity index (χ3v) is 11.3. The van der Waals surface area contributed by atoms with Crippen LogP contribution >= 0.6 is 0 Å². The van der Waals surface area contributed by atoms with Crippen molar-refractivity contribution in [1.82, 2.24) is 15.0 Å². The van der Waals surface area contributed by atoms with Crippen LogP contribution in [0.4, 0.5) is 0 Å². The molecule has 270 valence electrons. The second kappa shape index (κ2) is 12.8. The first-order chi connectivity index (χ1) is 28.7. The van der Waals surface area contributed by atoms with Gasteiger partial charge in [0.15, 0.2) is 17.5 Å². The first-order valence-corrected chi connectivity index (χ1v) is 19.4. The predicted molar refractivity (Wildman–Crippen MR) is 237 cm³/mol. The van der Waals surface area contributed by atoms with Gasteiger partial charge in [-0.05, 0) is 86.8 Å². The topological polar surface area (TPSA) is 65.0 Å². The lowest BCUT2D eigenvalue weighted by molar-refractivity contribution is 0.669. The smallest absolute Gasteiger partial charge is 0.167 e. The van der Waals surface area contributed by atoms with Crippen molar-refractivity contribution < 1.29 is 8.83 Å². The predicted octanol–water partition coefficient (Wildman–Crippen LogP) is 14.3. The van der Waals surface area contributed by atoms with E-state index in [4.69, 9.17) is 23.8 Å². The molecule has 0 bridgehead atoms. The number of aromatic nitrogens is 3. The van der Waals surface area contributed by atoms with Crippen molar-refractivity contribution in [3.63, 3.8) is 0 Å². The van der Waals surface area contributed by atoms with E-state index in [1.54, 1.807) is 0 Å². The summed E-state index contributed by atoms with van der Waals surface area (Å²) in [6, 6.07) is 65.2. The number of fused-ring (bicyclic) bond motifs is 8. The molecule has 0 spiro atoms. The van der Waals surface area contributed by atoms with E-state index in [1.165, 1.54) is 11.1 Å². The molecule has 9 aromatic carbocycles. The summed E-state index contributed by atoms with van der Waals surface area (Å²) >= 11 is 0. The highest BCUT2D eigenvalue weighted by Gasteiger charge is 2.23. The number of benzene rings is 9. The Labute approximate surface area is 332 Å². The summed E-state index contributed by atoms with van der Waals surface area (Å²) < 4.78 is 13.4. The van der Waals surface area contributed by atoms with Crippen molar-refractivity contribution in [1.29, 1.82) is 0 Å². The molecule has 0 aliphatic carbocycles. The van der Waals surface area contributed by atoms with Crippen molar-refractivity contribution in [2.45, 2.75) is 0 Å². The highest BCUT2D eigenvalue weighted by Crippen LogP contribution is 2.43. The number of rotatable bonds is 5. The third-order valence-electron chi connectivity index (χ3n) is 11.3. The zero-order chi connectivity index (χ0) is 38.2. The van der Waals surface area contributed by atoms with Crippen molar-refractivity contribution in [3.05, 3.63) is 188 Å². The van der Waals surface area contributed by atoms with Crippen molar-refractivity contribution in [3.8, 4) is 56.4 Å². The largest absolute Gasteiger partial charge is 0.455 e. The maximum absolute atomic E-state index is 6.83. The van der Waals surface area contributed by atoms with Crippen LogP contribution in [0.3, 0.4) is 0 Å². The molecule has 12 rings (SSSR count). The van der Waals surface area contributed by atoms with Crippen LogP contribution < -0.4 is 0 Å². The van der Waals surface area contributed by atoms with Gasteiger partial charge in [-0.1, -0.05) is 140 Å². The molecule has 5 heteroatoms. The molecule has 0 fully saturated rings. The molecule has 3 heterocycles. The van der Waals surface area contributed by atoms with Gasteiger partial charge in [0, 0.05) is 38.2 Å². The van der Waals surface area contributed by atoms with E-state index in [-0.39, 0.29) is 0 Å². The lowest BCUT2D eigenvalue weighted by Crippen LogP contribution is -2.01. The van der Waals surface area contributed by atoms with Crippen LogP contribution in [0.15, 0.2) is 197 Å². The van der Waals surface area contributed by atoms with Crippen molar-refractivity contribution in [2.24, 2.45) is 0 Å². The Hall–Kier alpha value is -7.89. The molecule has 0 aliphatic heterocycles. The minimum atomic E-state index is 0.530. The Bertz CT molecular complexity index is 3570. The fourth-order valence-corrected chi connectivity index (χ4v) is 8.46. The average molecular weight is 742 g/mol. The maximum Gasteiger partial charge on any atom is 0.167 e. The summed E-state index contributed by atoms with van der Waals surface area (Å²) in [6.07, 6.45) is 0. The quantitative estimate of drug-likeness (QED) is 0.176. The Balaban J connectivity index is 1.12. The highest BCUT2D eigenvalue weighted by atomic mass is 16.3. The normalized spacial score (nSPS) is 11.8. The Morgan fingerprint density at radius 2 is 0.879 bits per heavy atom. The molecule has 0 saturated carbocycles. The van der Waals surface area contributed by atoms with Crippen molar-refractivity contribution in [2.75, 3.05) is 0 Å². The highest BCUT2D eigenvalue weighted by molar-refractivity contribution is 6.18. The van der Waals surface area contributed by atoms with Crippen LogP contribution in [0.25, 0.3) is 122 Å². The molecule has 0 unspecified atom stereocenters. The number of hydrogen-bond acceptors (Lipinski definition) is 5. The molecule has 12 aromatic rings. The van der Waals surface area contributed by atoms with E-state index in [9.17, 15) is 0 Å². The summed E-state index contributed by atoms with van der Waals surface area (Å²) in [5, 5.41) is 8.52. The first-order valence-electron chi connectivity index (χ1n) is 19.4. The molecular formula is C53H31N3O2. The Morgan fingerprint density at radius 1 is 0.293 bits per heavy atom. The molecule has 0 atom stereocenters. The van der Waals surface area contributed by atoms with Gasteiger partial charge in [0.2, 0.25) is 0 Å². The van der Waals surface area contributed by atoms with Crippen LogP contribution in [0.2, 0.25) is 0 Å². The van der Waals surface area contributed by atoms with E-state index in [2.05, 4.69) is 146 Å². The van der Waals surface area contributed by atoms with Crippen LogP contribution in [0, 0.1) is 0 Å². The minimum absolute atomic E-state index is 0.530. The Kier molecular flexibility index (Phi) is 7.16. The summed E-state index contributed by atoms with van der Waals surface area (Å²) in [6.45, 7) is 0. The zero-order valence-corrected chi connectivity index (χ0v) is 31.1. The lowest BCUT2D eigenvalue weighted by atomic mass is 9.97. The zero-order valence-electron chi connectivity index (χ0n) is 31.1. The summed E-state index contributed by atoms with van der Waals surface area (Å²) in [5.74, 6) is 1.65. The molecule has 0 radical (unpaired) electrons. The van der Waals surface area contributed by atoms with Crippen LogP contribution in [-0.2, 0) is 0 Å². The van der Waals surface area contributed by atoms with Gasteiger partial charge in [0.25, 0.3) is 0 Å². The van der Waals surface area contributed by atoms with Gasteiger partial charge in [-0.2, -0.15) is 0 Å². The molecular weight excluding hydrogens is 711 g/mol. The van der Waals surface area contributed by atoms with Gasteiger partial charge >= 0.3 is 0 Å². The van der Waals surface area contributed by atoms with Gasteiger partial charge in [-0.3, -0.25) is 0 Å². The van der Waals surface area contributed by atoms with E-state index in [0.29, 0.717) is 17.5 Å². The third kappa shape index (κ3) is 5.21. The fourth-order valence-electron chi connectivity index (χ4n) is 8.46. The monoisotopic (exact) mass is 741 g/mol. The first kappa shape index (κ1) is 32.4. The molecule has 5 nitrogen and oxygen atoms in total. The van der Waals surface area contributed by atoms with Crippen LogP contribution in [0.5, 0.6) is 0 Å². The fraction of sp³-hybridized carbons (Fsp3) is 0. The second-order valence-corrected chi connectivity index (χ2v) is 14.8. The van der Waals surface area contributed by atoms with Gasteiger partial charge in [-0.15, -0.1) is 0 Å². The van der Waals surface area contributed by atoms with Gasteiger partial charge < -0.3 is 8.83 Å². The van der Waals surface area contributed by atoms with Gasteiger partial charge in [0.05, 0.1) is 5.56 Å². The minimum Gasteiger partial charge on any atom is -0.455 e. The average Bonchev–Trinajstić information content (AvgIpc) is 3.86. The van der Waals surface area contributed by atoms with Crippen LogP contribution in [-0.4, -0.2) is 15.0 Å². The number of hydrogen-bond donors (Lipinski definition) is 0. The lowest BCUT2D eigenvalue weighted by Gasteiger charge is -2.12. The van der Waals surface area contributed by atoms with Crippen LogP contribution in [0.1, 0.15) is 0 Å². The molecule has 0 amide bonds. The number of furan rings is 2. The Morgan fingerprint density at radius 3 is 1.69 bits per heavy atom. The van der Waals surface area contributed by atoms with Gasteiger partial charge in [-0.25, -0.2) is 15.0 Å². The number of para-hydroxylation sites is 2. The van der Waals surface area contributed by atoms with E-state index in [1.807, 2.05) is 42.5 Å². The molecule has 58 heavy (non-hydrogen) atoms. The SMILES string of the molecule is c1ccc(-c2ccc3cc(-c4nc(-c5cccc6c5oc5ccccc56)nc(-c5ccc(-c6ccccc6)c6oc7cc8ccccc8cc7c56)n4)ccc3c2)cc1.